The van der Waals surface area contributed by atoms with Crippen molar-refractivity contribution in [3.63, 3.8) is 0 Å². The van der Waals surface area contributed by atoms with Crippen molar-refractivity contribution in [3.8, 4) is 0 Å². The molecule has 1 aliphatic rings. The van der Waals surface area contributed by atoms with Crippen molar-refractivity contribution >= 4 is 15.9 Å². The summed E-state index contributed by atoms with van der Waals surface area (Å²) in [6.45, 7) is 5.34. The zero-order valence-corrected chi connectivity index (χ0v) is 8.81. The monoisotopic (exact) mass is 229 g/mol. The second-order valence-corrected chi connectivity index (χ2v) is 4.18. The van der Waals surface area contributed by atoms with Gasteiger partial charge in [0.05, 0.1) is 0 Å². The Kier molecular flexibility index (Phi) is 2.00. The number of fused-ring (bicyclic) bond motifs is 1. The summed E-state index contributed by atoms with van der Waals surface area (Å²) < 4.78 is 6.41. The topological polar surface area (TPSA) is 25.2 Å². The molecule has 0 radical (unpaired) electrons. The minimum absolute atomic E-state index is 0.422. The third kappa shape index (κ3) is 1.21. The fraction of sp³-hybridized carbons (Fsp3) is 0.556. The molecule has 0 spiro atoms. The van der Waals surface area contributed by atoms with Gasteiger partial charge in [0.25, 0.3) is 0 Å². The number of nitrogens with one attached hydrogen (secondary N) is 1. The van der Waals surface area contributed by atoms with Gasteiger partial charge in [0.15, 0.2) is 4.67 Å². The lowest BCUT2D eigenvalue weighted by Gasteiger charge is -2.23. The third-order valence-corrected chi connectivity index (χ3v) is 2.80. The summed E-state index contributed by atoms with van der Waals surface area (Å²) in [5, 5.41) is 3.42. The van der Waals surface area contributed by atoms with Gasteiger partial charge in [-0.05, 0) is 28.9 Å². The minimum Gasteiger partial charge on any atom is -0.454 e. The van der Waals surface area contributed by atoms with Crippen LogP contribution in [0.2, 0.25) is 0 Å². The van der Waals surface area contributed by atoms with Crippen LogP contribution < -0.4 is 5.32 Å². The Hall–Kier alpha value is -0.280. The molecule has 0 aliphatic carbocycles. The van der Waals surface area contributed by atoms with Crippen molar-refractivity contribution in [2.45, 2.75) is 25.8 Å². The average molecular weight is 230 g/mol. The fourth-order valence-electron chi connectivity index (χ4n) is 1.67. The summed E-state index contributed by atoms with van der Waals surface area (Å²) in [5.41, 5.74) is 1.29. The SMILES string of the molecule is CC1CNC(C)c2cc(Br)oc21. The molecule has 0 bridgehead atoms. The van der Waals surface area contributed by atoms with E-state index >= 15 is 0 Å². The van der Waals surface area contributed by atoms with E-state index in [0.717, 1.165) is 17.0 Å². The van der Waals surface area contributed by atoms with Crippen molar-refractivity contribution in [1.82, 2.24) is 5.32 Å². The molecule has 2 atom stereocenters. The highest BCUT2D eigenvalue weighted by molar-refractivity contribution is 9.10. The second kappa shape index (κ2) is 2.89. The Morgan fingerprint density at radius 2 is 2.33 bits per heavy atom. The predicted octanol–water partition coefficient (Wildman–Crippen LogP) is 2.81. The minimum atomic E-state index is 0.422. The first kappa shape index (κ1) is 8.32. The van der Waals surface area contributed by atoms with E-state index in [1.165, 1.54) is 5.56 Å². The van der Waals surface area contributed by atoms with E-state index in [1.54, 1.807) is 0 Å². The molecule has 0 fully saturated rings. The van der Waals surface area contributed by atoms with Gasteiger partial charge in [0.1, 0.15) is 5.76 Å². The largest absolute Gasteiger partial charge is 0.454 e. The number of furan rings is 1. The van der Waals surface area contributed by atoms with Crippen LogP contribution in [0.1, 0.15) is 37.1 Å². The fourth-order valence-corrected chi connectivity index (χ4v) is 2.09. The van der Waals surface area contributed by atoms with E-state index in [0.29, 0.717) is 12.0 Å². The molecule has 1 aromatic rings. The quantitative estimate of drug-likeness (QED) is 0.741. The number of halogens is 1. The summed E-state index contributed by atoms with van der Waals surface area (Å²) >= 11 is 3.35. The summed E-state index contributed by atoms with van der Waals surface area (Å²) in [6.07, 6.45) is 0. The van der Waals surface area contributed by atoms with E-state index in [9.17, 15) is 0 Å². The van der Waals surface area contributed by atoms with Crippen LogP contribution in [0.25, 0.3) is 0 Å². The van der Waals surface area contributed by atoms with Gasteiger partial charge in [-0.15, -0.1) is 0 Å². The molecule has 1 aliphatic heterocycles. The van der Waals surface area contributed by atoms with E-state index in [4.69, 9.17) is 4.42 Å². The van der Waals surface area contributed by atoms with Crippen LogP contribution in [0, 0.1) is 0 Å². The molecular formula is C9H12BrNO. The Morgan fingerprint density at radius 1 is 1.58 bits per heavy atom. The predicted molar refractivity (Wildman–Crippen MR) is 51.2 cm³/mol. The summed E-state index contributed by atoms with van der Waals surface area (Å²) in [4.78, 5) is 0. The van der Waals surface area contributed by atoms with Crippen molar-refractivity contribution in [3.05, 3.63) is 22.1 Å². The van der Waals surface area contributed by atoms with Gasteiger partial charge in [-0.2, -0.15) is 0 Å². The Morgan fingerprint density at radius 3 is 3.00 bits per heavy atom. The van der Waals surface area contributed by atoms with Crippen molar-refractivity contribution in [2.75, 3.05) is 6.54 Å². The van der Waals surface area contributed by atoms with Crippen LogP contribution in [0.15, 0.2) is 15.2 Å². The highest BCUT2D eigenvalue weighted by atomic mass is 79.9. The van der Waals surface area contributed by atoms with Gasteiger partial charge < -0.3 is 9.73 Å². The Balaban J connectivity index is 2.47. The number of hydrogen-bond donors (Lipinski definition) is 1. The van der Waals surface area contributed by atoms with Crippen LogP contribution in [0.3, 0.4) is 0 Å². The summed E-state index contributed by atoms with van der Waals surface area (Å²) in [6, 6.07) is 2.48. The standard InChI is InChI=1S/C9H12BrNO/c1-5-4-11-6(2)7-3-8(10)12-9(5)7/h3,5-6,11H,4H2,1-2H3. The molecule has 2 nitrogen and oxygen atoms in total. The molecule has 3 heteroatoms. The van der Waals surface area contributed by atoms with E-state index in [1.807, 2.05) is 0 Å². The van der Waals surface area contributed by atoms with Gasteiger partial charge in [-0.1, -0.05) is 6.92 Å². The first-order chi connectivity index (χ1) is 5.68. The first-order valence-corrected chi connectivity index (χ1v) is 5.00. The van der Waals surface area contributed by atoms with Crippen LogP contribution >= 0.6 is 15.9 Å². The smallest absolute Gasteiger partial charge is 0.169 e. The lowest BCUT2D eigenvalue weighted by molar-refractivity contribution is 0.396. The molecule has 0 saturated carbocycles. The molecular weight excluding hydrogens is 218 g/mol. The van der Waals surface area contributed by atoms with Crippen molar-refractivity contribution in [2.24, 2.45) is 0 Å². The van der Waals surface area contributed by atoms with Crippen molar-refractivity contribution < 1.29 is 4.42 Å². The molecule has 0 aromatic carbocycles. The van der Waals surface area contributed by atoms with Gasteiger partial charge in [-0.25, -0.2) is 0 Å². The Labute approximate surface area is 80.5 Å². The zero-order chi connectivity index (χ0) is 8.72. The lowest BCUT2D eigenvalue weighted by atomic mass is 9.96. The molecule has 12 heavy (non-hydrogen) atoms. The van der Waals surface area contributed by atoms with Crippen LogP contribution in [-0.4, -0.2) is 6.54 Å². The van der Waals surface area contributed by atoms with Gasteiger partial charge in [0, 0.05) is 24.1 Å². The molecule has 0 amide bonds. The number of rotatable bonds is 0. The maximum atomic E-state index is 5.57. The lowest BCUT2D eigenvalue weighted by Crippen LogP contribution is -2.29. The molecule has 0 saturated heterocycles. The molecule has 2 unspecified atom stereocenters. The van der Waals surface area contributed by atoms with Gasteiger partial charge in [-0.3, -0.25) is 0 Å². The molecule has 2 rings (SSSR count). The second-order valence-electron chi connectivity index (χ2n) is 3.40. The van der Waals surface area contributed by atoms with E-state index in [2.05, 4.69) is 41.2 Å². The number of hydrogen-bond acceptors (Lipinski definition) is 2. The van der Waals surface area contributed by atoms with Crippen LogP contribution in [-0.2, 0) is 0 Å². The average Bonchev–Trinajstić information content (AvgIpc) is 2.41. The molecule has 1 aromatic heterocycles. The van der Waals surface area contributed by atoms with Gasteiger partial charge >= 0.3 is 0 Å². The van der Waals surface area contributed by atoms with E-state index in [-0.39, 0.29) is 0 Å². The normalized spacial score (nSPS) is 28.6. The maximum Gasteiger partial charge on any atom is 0.169 e. The van der Waals surface area contributed by atoms with Crippen molar-refractivity contribution in [1.29, 1.82) is 0 Å². The molecule has 66 valence electrons. The van der Waals surface area contributed by atoms with Crippen LogP contribution in [0.5, 0.6) is 0 Å². The molecule has 2 heterocycles. The summed E-state index contributed by atoms with van der Waals surface area (Å²) in [5.74, 6) is 1.62. The third-order valence-electron chi connectivity index (χ3n) is 2.41. The first-order valence-electron chi connectivity index (χ1n) is 4.21. The Bertz CT molecular complexity index is 267. The zero-order valence-electron chi connectivity index (χ0n) is 7.23. The van der Waals surface area contributed by atoms with Crippen LogP contribution in [0.4, 0.5) is 0 Å². The highest BCUT2D eigenvalue weighted by Gasteiger charge is 2.25. The highest BCUT2D eigenvalue weighted by Crippen LogP contribution is 2.34. The summed E-state index contributed by atoms with van der Waals surface area (Å²) in [7, 11) is 0. The maximum absolute atomic E-state index is 5.57. The van der Waals surface area contributed by atoms with Gasteiger partial charge in [0.2, 0.25) is 0 Å². The molecule has 1 N–H and O–H groups in total. The van der Waals surface area contributed by atoms with E-state index < -0.39 is 0 Å².